The summed E-state index contributed by atoms with van der Waals surface area (Å²) in [6.07, 6.45) is -0.831. The minimum atomic E-state index is -0.831. The summed E-state index contributed by atoms with van der Waals surface area (Å²) in [5, 5.41) is 18.8. The molecule has 0 amide bonds. The number of aromatic nitrogens is 2. The van der Waals surface area contributed by atoms with Gasteiger partial charge in [0.05, 0.1) is 23.6 Å². The Balaban J connectivity index is 2.32. The van der Waals surface area contributed by atoms with Gasteiger partial charge in [0.2, 0.25) is 0 Å². The SMILES string of the molecule is Nc1ccc2nc(SCC(O)CO)[nH]c(=O)c2c1. The number of aliphatic hydroxyl groups excluding tert-OH is 2. The standard InChI is InChI=1S/C11H13N3O3S/c12-6-1-2-9-8(3-6)10(17)14-11(13-9)18-5-7(16)4-15/h1-3,7,15-16H,4-5,12H2,(H,13,14,17). The number of thioether (sulfide) groups is 1. The maximum absolute atomic E-state index is 11.8. The lowest BCUT2D eigenvalue weighted by atomic mass is 10.2. The Morgan fingerprint density at radius 1 is 1.50 bits per heavy atom. The largest absolute Gasteiger partial charge is 0.399 e. The van der Waals surface area contributed by atoms with Crippen LogP contribution in [-0.2, 0) is 0 Å². The van der Waals surface area contributed by atoms with Gasteiger partial charge in [-0.3, -0.25) is 4.79 Å². The first kappa shape index (κ1) is 12.9. The Bertz CT molecular complexity index is 614. The van der Waals surface area contributed by atoms with Gasteiger partial charge in [-0.05, 0) is 18.2 Å². The molecular formula is C11H13N3O3S. The number of nitrogen functional groups attached to an aromatic ring is 1. The zero-order valence-electron chi connectivity index (χ0n) is 9.46. The molecule has 0 saturated heterocycles. The molecule has 1 aromatic heterocycles. The molecule has 18 heavy (non-hydrogen) atoms. The normalized spacial score (nSPS) is 12.8. The van der Waals surface area contributed by atoms with E-state index in [2.05, 4.69) is 9.97 Å². The molecule has 0 aliphatic heterocycles. The molecule has 6 nitrogen and oxygen atoms in total. The van der Waals surface area contributed by atoms with Crippen LogP contribution in [0.1, 0.15) is 0 Å². The lowest BCUT2D eigenvalue weighted by molar-refractivity contribution is 0.113. The van der Waals surface area contributed by atoms with Crippen molar-refractivity contribution in [1.82, 2.24) is 9.97 Å². The van der Waals surface area contributed by atoms with Crippen LogP contribution in [0.2, 0.25) is 0 Å². The van der Waals surface area contributed by atoms with E-state index in [1.807, 2.05) is 0 Å². The highest BCUT2D eigenvalue weighted by molar-refractivity contribution is 7.99. The Labute approximate surface area is 107 Å². The lowest BCUT2D eigenvalue weighted by Crippen LogP contribution is -2.16. The summed E-state index contributed by atoms with van der Waals surface area (Å²) in [5.41, 5.74) is 6.39. The molecule has 0 fully saturated rings. The summed E-state index contributed by atoms with van der Waals surface area (Å²) in [6.45, 7) is -0.318. The van der Waals surface area contributed by atoms with Crippen LogP contribution in [0.3, 0.4) is 0 Å². The summed E-state index contributed by atoms with van der Waals surface area (Å²) >= 11 is 1.18. The van der Waals surface area contributed by atoms with Crippen molar-refractivity contribution in [2.45, 2.75) is 11.3 Å². The van der Waals surface area contributed by atoms with Gasteiger partial charge in [0, 0.05) is 11.4 Å². The van der Waals surface area contributed by atoms with Gasteiger partial charge in [0.25, 0.3) is 5.56 Å². The third-order valence-electron chi connectivity index (χ3n) is 2.33. The van der Waals surface area contributed by atoms with E-state index in [1.165, 1.54) is 11.8 Å². The zero-order valence-corrected chi connectivity index (χ0v) is 10.3. The third-order valence-corrected chi connectivity index (χ3v) is 3.35. The molecular weight excluding hydrogens is 254 g/mol. The molecule has 5 N–H and O–H groups in total. The minimum Gasteiger partial charge on any atom is -0.399 e. The zero-order chi connectivity index (χ0) is 13.1. The molecule has 96 valence electrons. The highest BCUT2D eigenvalue weighted by Gasteiger charge is 2.07. The minimum absolute atomic E-state index is 0.264. The van der Waals surface area contributed by atoms with E-state index < -0.39 is 6.10 Å². The number of H-pyrrole nitrogens is 1. The summed E-state index contributed by atoms with van der Waals surface area (Å²) in [7, 11) is 0. The highest BCUT2D eigenvalue weighted by Crippen LogP contribution is 2.17. The number of nitrogens with one attached hydrogen (secondary N) is 1. The summed E-state index contributed by atoms with van der Waals surface area (Å²) in [5.74, 6) is 0.264. The number of benzene rings is 1. The van der Waals surface area contributed by atoms with Crippen molar-refractivity contribution in [3.63, 3.8) is 0 Å². The highest BCUT2D eigenvalue weighted by atomic mass is 32.2. The van der Waals surface area contributed by atoms with Crippen molar-refractivity contribution in [1.29, 1.82) is 0 Å². The average Bonchev–Trinajstić information content (AvgIpc) is 2.37. The predicted octanol–water partition coefficient (Wildman–Crippen LogP) is -0.0494. The van der Waals surface area contributed by atoms with Gasteiger partial charge in [0.1, 0.15) is 0 Å². The second kappa shape index (κ2) is 5.38. The van der Waals surface area contributed by atoms with Crippen molar-refractivity contribution in [3.05, 3.63) is 28.6 Å². The van der Waals surface area contributed by atoms with Gasteiger partial charge in [-0.15, -0.1) is 0 Å². The number of anilines is 1. The molecule has 0 bridgehead atoms. The van der Waals surface area contributed by atoms with Crippen molar-refractivity contribution >= 4 is 28.4 Å². The molecule has 0 aliphatic rings. The van der Waals surface area contributed by atoms with Gasteiger partial charge >= 0.3 is 0 Å². The molecule has 1 unspecified atom stereocenters. The predicted molar refractivity (Wildman–Crippen MR) is 70.6 cm³/mol. The van der Waals surface area contributed by atoms with E-state index in [4.69, 9.17) is 10.8 Å². The first-order chi connectivity index (χ1) is 8.60. The van der Waals surface area contributed by atoms with E-state index in [1.54, 1.807) is 18.2 Å². The second-order valence-corrected chi connectivity index (χ2v) is 4.80. The quantitative estimate of drug-likeness (QED) is 0.351. The first-order valence-electron chi connectivity index (χ1n) is 5.31. The fourth-order valence-corrected chi connectivity index (χ4v) is 2.21. The van der Waals surface area contributed by atoms with Gasteiger partial charge in [-0.2, -0.15) is 0 Å². The molecule has 0 radical (unpaired) electrons. The van der Waals surface area contributed by atoms with E-state index in [0.29, 0.717) is 21.7 Å². The number of nitrogens with zero attached hydrogens (tertiary/aromatic N) is 1. The Kier molecular flexibility index (Phi) is 3.85. The number of aliphatic hydroxyl groups is 2. The summed E-state index contributed by atoms with van der Waals surface area (Å²) in [6, 6.07) is 4.91. The monoisotopic (exact) mass is 267 g/mol. The van der Waals surface area contributed by atoms with Crippen molar-refractivity contribution < 1.29 is 10.2 Å². The van der Waals surface area contributed by atoms with Crippen LogP contribution in [0.15, 0.2) is 28.2 Å². The van der Waals surface area contributed by atoms with Gasteiger partial charge < -0.3 is 20.9 Å². The molecule has 1 atom stereocenters. The van der Waals surface area contributed by atoms with E-state index >= 15 is 0 Å². The van der Waals surface area contributed by atoms with E-state index in [-0.39, 0.29) is 17.9 Å². The fraction of sp³-hybridized carbons (Fsp3) is 0.273. The van der Waals surface area contributed by atoms with Crippen LogP contribution in [0, 0.1) is 0 Å². The Morgan fingerprint density at radius 2 is 2.28 bits per heavy atom. The molecule has 0 saturated carbocycles. The average molecular weight is 267 g/mol. The van der Waals surface area contributed by atoms with Crippen LogP contribution >= 0.6 is 11.8 Å². The first-order valence-corrected chi connectivity index (χ1v) is 6.30. The Morgan fingerprint density at radius 3 is 3.00 bits per heavy atom. The van der Waals surface area contributed by atoms with Crippen LogP contribution in [0.25, 0.3) is 10.9 Å². The summed E-state index contributed by atoms with van der Waals surface area (Å²) < 4.78 is 0. The van der Waals surface area contributed by atoms with Crippen molar-refractivity contribution in [3.8, 4) is 0 Å². The smallest absolute Gasteiger partial charge is 0.259 e. The molecule has 1 heterocycles. The lowest BCUT2D eigenvalue weighted by Gasteiger charge is -2.06. The third kappa shape index (κ3) is 2.81. The van der Waals surface area contributed by atoms with Crippen LogP contribution < -0.4 is 11.3 Å². The number of rotatable bonds is 4. The Hall–Kier alpha value is -1.57. The number of aromatic amines is 1. The maximum Gasteiger partial charge on any atom is 0.259 e. The van der Waals surface area contributed by atoms with Gasteiger partial charge in [0.15, 0.2) is 5.16 Å². The van der Waals surface area contributed by atoms with Crippen molar-refractivity contribution in [2.24, 2.45) is 0 Å². The molecule has 0 spiro atoms. The van der Waals surface area contributed by atoms with Gasteiger partial charge in [-0.1, -0.05) is 11.8 Å². The number of hydrogen-bond acceptors (Lipinski definition) is 6. The van der Waals surface area contributed by atoms with Crippen LogP contribution in [0.5, 0.6) is 0 Å². The van der Waals surface area contributed by atoms with Gasteiger partial charge in [-0.25, -0.2) is 4.98 Å². The molecule has 2 rings (SSSR count). The van der Waals surface area contributed by atoms with Crippen LogP contribution in [-0.4, -0.2) is 38.6 Å². The molecule has 0 aliphatic carbocycles. The van der Waals surface area contributed by atoms with E-state index in [0.717, 1.165) is 0 Å². The molecule has 1 aromatic carbocycles. The number of nitrogens with two attached hydrogens (primary N) is 1. The second-order valence-electron chi connectivity index (χ2n) is 3.80. The molecule has 7 heteroatoms. The fourth-order valence-electron chi connectivity index (χ4n) is 1.43. The maximum atomic E-state index is 11.8. The molecule has 2 aromatic rings. The van der Waals surface area contributed by atoms with Crippen molar-refractivity contribution in [2.75, 3.05) is 18.1 Å². The topological polar surface area (TPSA) is 112 Å². The number of hydrogen-bond donors (Lipinski definition) is 4. The van der Waals surface area contributed by atoms with Crippen LogP contribution in [0.4, 0.5) is 5.69 Å². The summed E-state index contributed by atoms with van der Waals surface area (Å²) in [4.78, 5) is 18.6. The number of fused-ring (bicyclic) bond motifs is 1. The van der Waals surface area contributed by atoms with E-state index in [9.17, 15) is 9.90 Å².